The van der Waals surface area contributed by atoms with Gasteiger partial charge in [0, 0.05) is 0 Å². The zero-order valence-electron chi connectivity index (χ0n) is 16.1. The van der Waals surface area contributed by atoms with Gasteiger partial charge in [0.2, 0.25) is 0 Å². The summed E-state index contributed by atoms with van der Waals surface area (Å²) < 4.78 is 0.114. The van der Waals surface area contributed by atoms with E-state index in [0.717, 1.165) is 13.0 Å². The number of unbranched alkanes of at least 4 members (excludes halogenated alkanes) is 12. The first kappa shape index (κ1) is 24.9. The van der Waals surface area contributed by atoms with Gasteiger partial charge in [0.15, 0.2) is 0 Å². The maximum atomic E-state index is 9.56. The van der Waals surface area contributed by atoms with Crippen molar-refractivity contribution in [1.29, 1.82) is 0 Å². The molecular weight excluding hydrogens is 286 g/mol. The van der Waals surface area contributed by atoms with Gasteiger partial charge in [-0.1, -0.05) is 70.4 Å². The molecule has 0 bridgehead atoms. The van der Waals surface area contributed by atoms with Gasteiger partial charge in [-0.15, -0.1) is 0 Å². The van der Waals surface area contributed by atoms with Gasteiger partial charge >= 0.3 is 0 Å². The molecule has 140 valence electrons. The first-order chi connectivity index (χ1) is 10.6. The molecule has 0 aliphatic heterocycles. The molecule has 0 aliphatic rings. The fourth-order valence-corrected chi connectivity index (χ4v) is 2.75. The van der Waals surface area contributed by atoms with Gasteiger partial charge in [0.05, 0.1) is 14.1 Å². The van der Waals surface area contributed by atoms with Crippen LogP contribution in [0, 0.1) is 0 Å². The SMILES string of the molecule is CCCCCCCC/C=C\CCCCCCCC[N+](C)(C)O.[OH-]. The van der Waals surface area contributed by atoms with Crippen LogP contribution >= 0.6 is 0 Å². The molecule has 0 aromatic rings. The standard InChI is InChI=1S/C20H42NO.H2O/c1-4-5-6-7-8-9-10-11-12-13-14-15-16-17-18-19-20-21(2,3)22;/h11-12,22H,4-10,13-20H2,1-3H3;1H2/q+1;/p-1/b12-11-;. The number of allylic oxidation sites excluding steroid dienone is 2. The van der Waals surface area contributed by atoms with E-state index in [1.165, 1.54) is 83.5 Å². The van der Waals surface area contributed by atoms with E-state index in [-0.39, 0.29) is 10.1 Å². The molecule has 0 radical (unpaired) electrons. The van der Waals surface area contributed by atoms with Crippen molar-refractivity contribution in [3.05, 3.63) is 12.2 Å². The van der Waals surface area contributed by atoms with Crippen LogP contribution in [0.25, 0.3) is 0 Å². The van der Waals surface area contributed by atoms with Crippen LogP contribution in [-0.2, 0) is 0 Å². The summed E-state index contributed by atoms with van der Waals surface area (Å²) in [4.78, 5) is 0. The Hall–Kier alpha value is -0.380. The molecule has 3 nitrogen and oxygen atoms in total. The lowest BCUT2D eigenvalue weighted by molar-refractivity contribution is -1.07. The molecule has 2 N–H and O–H groups in total. The predicted octanol–water partition coefficient (Wildman–Crippen LogP) is 6.31. The molecule has 0 rings (SSSR count). The average molecular weight is 330 g/mol. The lowest BCUT2D eigenvalue weighted by Crippen LogP contribution is -2.36. The van der Waals surface area contributed by atoms with E-state index >= 15 is 0 Å². The Morgan fingerprint density at radius 3 is 1.48 bits per heavy atom. The molecule has 23 heavy (non-hydrogen) atoms. The summed E-state index contributed by atoms with van der Waals surface area (Å²) in [5.41, 5.74) is 0. The highest BCUT2D eigenvalue weighted by Gasteiger charge is 2.08. The molecule has 0 atom stereocenters. The first-order valence-corrected chi connectivity index (χ1v) is 9.77. The van der Waals surface area contributed by atoms with E-state index in [2.05, 4.69) is 19.1 Å². The second kappa shape index (κ2) is 18.0. The number of hydroxylamine groups is 3. The lowest BCUT2D eigenvalue weighted by Gasteiger charge is -2.18. The molecule has 0 spiro atoms. The fraction of sp³-hybridized carbons (Fsp3) is 0.900. The highest BCUT2D eigenvalue weighted by molar-refractivity contribution is 4.81. The zero-order valence-corrected chi connectivity index (χ0v) is 16.1. The van der Waals surface area contributed by atoms with Crippen LogP contribution in [-0.4, -0.2) is 36.0 Å². The summed E-state index contributed by atoms with van der Waals surface area (Å²) >= 11 is 0. The van der Waals surface area contributed by atoms with Crippen molar-refractivity contribution in [1.82, 2.24) is 0 Å². The fourth-order valence-electron chi connectivity index (χ4n) is 2.75. The number of rotatable bonds is 16. The van der Waals surface area contributed by atoms with Gasteiger partial charge in [-0.25, -0.2) is 5.21 Å². The topological polar surface area (TPSA) is 50.2 Å². The Balaban J connectivity index is 0. The summed E-state index contributed by atoms with van der Waals surface area (Å²) in [7, 11) is 3.69. The van der Waals surface area contributed by atoms with Crippen LogP contribution in [0.5, 0.6) is 0 Å². The van der Waals surface area contributed by atoms with Gasteiger partial charge in [-0.05, 0) is 38.5 Å². The average Bonchev–Trinajstić information content (AvgIpc) is 2.45. The summed E-state index contributed by atoms with van der Waals surface area (Å²) in [5.74, 6) is 0. The molecule has 0 saturated carbocycles. The monoisotopic (exact) mass is 329 g/mol. The van der Waals surface area contributed by atoms with Crippen molar-refractivity contribution in [2.24, 2.45) is 0 Å². The Labute approximate surface area is 145 Å². The van der Waals surface area contributed by atoms with Gasteiger partial charge in [-0.3, -0.25) is 0 Å². The van der Waals surface area contributed by atoms with Crippen LogP contribution < -0.4 is 0 Å². The van der Waals surface area contributed by atoms with Gasteiger partial charge < -0.3 is 5.48 Å². The number of nitrogens with zero attached hydrogens (tertiary/aromatic N) is 1. The normalized spacial score (nSPS) is 11.8. The van der Waals surface area contributed by atoms with Crippen molar-refractivity contribution in [2.45, 2.75) is 96.8 Å². The molecule has 0 aliphatic carbocycles. The van der Waals surface area contributed by atoms with Crippen LogP contribution in [0.3, 0.4) is 0 Å². The number of hydrogen-bond acceptors (Lipinski definition) is 2. The maximum Gasteiger partial charge on any atom is 0.108 e. The molecule has 0 unspecified atom stereocenters. The van der Waals surface area contributed by atoms with E-state index in [4.69, 9.17) is 0 Å². The Morgan fingerprint density at radius 1 is 0.652 bits per heavy atom. The molecule has 0 amide bonds. The van der Waals surface area contributed by atoms with E-state index in [0.29, 0.717) is 0 Å². The number of quaternary nitrogens is 1. The lowest BCUT2D eigenvalue weighted by atomic mass is 10.1. The number of hydrogen-bond donors (Lipinski definition) is 1. The molecule has 0 heterocycles. The van der Waals surface area contributed by atoms with Crippen molar-refractivity contribution in [3.63, 3.8) is 0 Å². The molecule has 0 fully saturated rings. The van der Waals surface area contributed by atoms with Gasteiger partial charge in [0.25, 0.3) is 0 Å². The van der Waals surface area contributed by atoms with Crippen LogP contribution in [0.1, 0.15) is 96.8 Å². The van der Waals surface area contributed by atoms with Crippen LogP contribution in [0.2, 0.25) is 0 Å². The highest BCUT2D eigenvalue weighted by atomic mass is 16.5. The smallest absolute Gasteiger partial charge is 0.108 e. The molecular formula is C20H43NO2. The van der Waals surface area contributed by atoms with Gasteiger partial charge in [0.1, 0.15) is 6.54 Å². The van der Waals surface area contributed by atoms with Crippen LogP contribution in [0.15, 0.2) is 12.2 Å². The Morgan fingerprint density at radius 2 is 1.04 bits per heavy atom. The van der Waals surface area contributed by atoms with Crippen LogP contribution in [0.4, 0.5) is 0 Å². The third-order valence-electron chi connectivity index (χ3n) is 4.22. The quantitative estimate of drug-likeness (QED) is 0.156. The molecule has 3 heteroatoms. The second-order valence-corrected chi connectivity index (χ2v) is 7.28. The first-order valence-electron chi connectivity index (χ1n) is 9.77. The molecule has 0 aromatic heterocycles. The van der Waals surface area contributed by atoms with E-state index in [1.807, 2.05) is 14.1 Å². The Bertz CT molecular complexity index is 247. The maximum absolute atomic E-state index is 9.56. The Kier molecular flexibility index (Phi) is 19.4. The van der Waals surface area contributed by atoms with Crippen molar-refractivity contribution in [3.8, 4) is 0 Å². The largest absolute Gasteiger partial charge is 0.870 e. The molecule has 0 aromatic carbocycles. The van der Waals surface area contributed by atoms with Gasteiger partial charge in [-0.2, -0.15) is 4.65 Å². The van der Waals surface area contributed by atoms with E-state index in [9.17, 15) is 5.21 Å². The highest BCUT2D eigenvalue weighted by Crippen LogP contribution is 2.10. The van der Waals surface area contributed by atoms with Crippen molar-refractivity contribution >= 4 is 0 Å². The minimum atomic E-state index is 0. The zero-order chi connectivity index (χ0) is 16.5. The van der Waals surface area contributed by atoms with Crippen molar-refractivity contribution in [2.75, 3.05) is 20.6 Å². The summed E-state index contributed by atoms with van der Waals surface area (Å²) in [6.45, 7) is 3.15. The minimum Gasteiger partial charge on any atom is -0.870 e. The van der Waals surface area contributed by atoms with E-state index < -0.39 is 0 Å². The summed E-state index contributed by atoms with van der Waals surface area (Å²) in [6, 6.07) is 0. The van der Waals surface area contributed by atoms with Crippen molar-refractivity contribution < 1.29 is 15.3 Å². The predicted molar refractivity (Wildman–Crippen MR) is 100 cm³/mol. The minimum absolute atomic E-state index is 0. The summed E-state index contributed by atoms with van der Waals surface area (Å²) in [6.07, 6.45) is 23.5. The third-order valence-corrected chi connectivity index (χ3v) is 4.22. The third kappa shape index (κ3) is 24.0. The summed E-state index contributed by atoms with van der Waals surface area (Å²) in [5, 5.41) is 9.56. The molecule has 0 saturated heterocycles. The van der Waals surface area contributed by atoms with E-state index in [1.54, 1.807) is 0 Å². The second-order valence-electron chi connectivity index (χ2n) is 7.28.